The quantitative estimate of drug-likeness (QED) is 0.271. The van der Waals surface area contributed by atoms with Crippen LogP contribution < -0.4 is 4.74 Å². The molecule has 0 spiro atoms. The standard InChI is InChI=1S/C24H22N4OS/c1-2-16-28-22(18-29-21-14-6-12-20-13-7-15-25-23(20)21)26-27-24(28)30-17-8-11-19-9-4-3-5-10-19/h2-15H,1,16-18H2/b11-8+. The number of rotatable bonds is 9. The molecule has 0 aliphatic heterocycles. The highest BCUT2D eigenvalue weighted by molar-refractivity contribution is 7.99. The molecule has 0 radical (unpaired) electrons. The zero-order valence-corrected chi connectivity index (χ0v) is 17.3. The summed E-state index contributed by atoms with van der Waals surface area (Å²) < 4.78 is 8.08. The van der Waals surface area contributed by atoms with Crippen LogP contribution in [-0.2, 0) is 13.2 Å². The molecule has 30 heavy (non-hydrogen) atoms. The fourth-order valence-electron chi connectivity index (χ4n) is 3.05. The van der Waals surface area contributed by atoms with Crippen molar-refractivity contribution in [2.24, 2.45) is 0 Å². The van der Waals surface area contributed by atoms with E-state index < -0.39 is 0 Å². The van der Waals surface area contributed by atoms with E-state index in [0.29, 0.717) is 13.2 Å². The number of hydrogen-bond acceptors (Lipinski definition) is 5. The fourth-order valence-corrected chi connectivity index (χ4v) is 3.83. The molecule has 0 amide bonds. The van der Waals surface area contributed by atoms with E-state index in [-0.39, 0.29) is 0 Å². The van der Waals surface area contributed by atoms with Gasteiger partial charge < -0.3 is 4.74 Å². The lowest BCUT2D eigenvalue weighted by Gasteiger charge is -2.10. The van der Waals surface area contributed by atoms with Crippen molar-refractivity contribution in [2.75, 3.05) is 5.75 Å². The Hall–Kier alpha value is -3.38. The van der Waals surface area contributed by atoms with Crippen LogP contribution in [0.25, 0.3) is 17.0 Å². The van der Waals surface area contributed by atoms with E-state index in [1.54, 1.807) is 18.0 Å². The van der Waals surface area contributed by atoms with E-state index in [4.69, 9.17) is 4.74 Å². The van der Waals surface area contributed by atoms with Gasteiger partial charge >= 0.3 is 0 Å². The second kappa shape index (κ2) is 9.89. The highest BCUT2D eigenvalue weighted by atomic mass is 32.2. The molecule has 0 saturated heterocycles. The summed E-state index contributed by atoms with van der Waals surface area (Å²) >= 11 is 1.64. The van der Waals surface area contributed by atoms with Gasteiger partial charge in [-0.25, -0.2) is 0 Å². The smallest absolute Gasteiger partial charge is 0.191 e. The Labute approximate surface area is 180 Å². The van der Waals surface area contributed by atoms with Crippen molar-refractivity contribution in [1.82, 2.24) is 19.7 Å². The van der Waals surface area contributed by atoms with E-state index >= 15 is 0 Å². The first kappa shape index (κ1) is 19.9. The van der Waals surface area contributed by atoms with Crippen LogP contribution in [0.15, 0.2) is 90.7 Å². The summed E-state index contributed by atoms with van der Waals surface area (Å²) in [6.45, 7) is 4.81. The first-order chi connectivity index (χ1) is 14.8. The van der Waals surface area contributed by atoms with Gasteiger partial charge in [0.15, 0.2) is 11.0 Å². The lowest BCUT2D eigenvalue weighted by Crippen LogP contribution is -2.07. The lowest BCUT2D eigenvalue weighted by molar-refractivity contribution is 0.292. The maximum absolute atomic E-state index is 6.05. The fraction of sp³-hybridized carbons (Fsp3) is 0.125. The largest absolute Gasteiger partial charge is 0.483 e. The van der Waals surface area contributed by atoms with Crippen LogP contribution >= 0.6 is 11.8 Å². The molecule has 2 aromatic carbocycles. The molecular formula is C24H22N4OS. The summed E-state index contributed by atoms with van der Waals surface area (Å²) in [7, 11) is 0. The molecule has 4 aromatic rings. The summed E-state index contributed by atoms with van der Waals surface area (Å²) in [6, 6.07) is 20.1. The molecule has 4 rings (SSSR count). The number of aromatic nitrogens is 4. The van der Waals surface area contributed by atoms with Crippen molar-refractivity contribution in [3.63, 3.8) is 0 Å². The van der Waals surface area contributed by atoms with Crippen LogP contribution in [-0.4, -0.2) is 25.5 Å². The topological polar surface area (TPSA) is 52.8 Å². The monoisotopic (exact) mass is 414 g/mol. The first-order valence-electron chi connectivity index (χ1n) is 9.69. The number of fused-ring (bicyclic) bond motifs is 1. The maximum Gasteiger partial charge on any atom is 0.191 e. The second-order valence-electron chi connectivity index (χ2n) is 6.54. The molecule has 2 aromatic heterocycles. The highest BCUT2D eigenvalue weighted by Gasteiger charge is 2.13. The number of ether oxygens (including phenoxy) is 1. The van der Waals surface area contributed by atoms with Gasteiger partial charge in [0.25, 0.3) is 0 Å². The minimum atomic E-state index is 0.316. The van der Waals surface area contributed by atoms with E-state index in [1.165, 1.54) is 5.56 Å². The van der Waals surface area contributed by atoms with Gasteiger partial charge in [0.2, 0.25) is 0 Å². The van der Waals surface area contributed by atoms with Crippen LogP contribution in [0, 0.1) is 0 Å². The summed E-state index contributed by atoms with van der Waals surface area (Å²) in [6.07, 6.45) is 7.85. The summed E-state index contributed by atoms with van der Waals surface area (Å²) in [5.74, 6) is 2.30. The third kappa shape index (κ3) is 4.78. The van der Waals surface area contributed by atoms with E-state index in [9.17, 15) is 0 Å². The van der Waals surface area contributed by atoms with E-state index in [2.05, 4.69) is 46.0 Å². The Morgan fingerprint density at radius 3 is 2.73 bits per heavy atom. The Balaban J connectivity index is 1.44. The average Bonchev–Trinajstić information content (AvgIpc) is 3.17. The van der Waals surface area contributed by atoms with Crippen molar-refractivity contribution >= 4 is 28.7 Å². The number of pyridine rings is 1. The number of para-hydroxylation sites is 1. The van der Waals surface area contributed by atoms with Gasteiger partial charge in [-0.1, -0.05) is 78.5 Å². The molecule has 0 bridgehead atoms. The highest BCUT2D eigenvalue weighted by Crippen LogP contribution is 2.24. The minimum absolute atomic E-state index is 0.316. The van der Waals surface area contributed by atoms with E-state index in [0.717, 1.165) is 33.4 Å². The molecule has 150 valence electrons. The molecule has 0 N–H and O–H groups in total. The van der Waals surface area contributed by atoms with Gasteiger partial charge in [0.1, 0.15) is 17.9 Å². The molecular weight excluding hydrogens is 392 g/mol. The minimum Gasteiger partial charge on any atom is -0.483 e. The number of nitrogens with zero attached hydrogens (tertiary/aromatic N) is 4. The zero-order valence-electron chi connectivity index (χ0n) is 16.5. The van der Waals surface area contributed by atoms with Gasteiger partial charge in [0, 0.05) is 23.9 Å². The van der Waals surface area contributed by atoms with Gasteiger partial charge in [-0.3, -0.25) is 9.55 Å². The molecule has 0 atom stereocenters. The van der Waals surface area contributed by atoms with Crippen LogP contribution in [0.5, 0.6) is 5.75 Å². The van der Waals surface area contributed by atoms with E-state index in [1.807, 2.05) is 59.2 Å². The molecule has 0 aliphatic carbocycles. The molecule has 2 heterocycles. The number of hydrogen-bond donors (Lipinski definition) is 0. The van der Waals surface area contributed by atoms with Crippen molar-refractivity contribution in [3.05, 3.63) is 97.0 Å². The van der Waals surface area contributed by atoms with Crippen LogP contribution in [0.3, 0.4) is 0 Å². The van der Waals surface area contributed by atoms with Gasteiger partial charge in [-0.2, -0.15) is 0 Å². The van der Waals surface area contributed by atoms with Crippen molar-refractivity contribution in [1.29, 1.82) is 0 Å². The maximum atomic E-state index is 6.05. The molecule has 0 saturated carbocycles. The Kier molecular flexibility index (Phi) is 6.57. The third-order valence-electron chi connectivity index (χ3n) is 4.48. The third-order valence-corrected chi connectivity index (χ3v) is 5.40. The number of thioether (sulfide) groups is 1. The van der Waals surface area contributed by atoms with Crippen molar-refractivity contribution < 1.29 is 4.74 Å². The Morgan fingerprint density at radius 2 is 1.87 bits per heavy atom. The van der Waals surface area contributed by atoms with Crippen LogP contribution in [0.1, 0.15) is 11.4 Å². The normalized spacial score (nSPS) is 11.2. The summed E-state index contributed by atoms with van der Waals surface area (Å²) in [4.78, 5) is 4.44. The predicted molar refractivity (Wildman–Crippen MR) is 122 cm³/mol. The van der Waals surface area contributed by atoms with Gasteiger partial charge in [-0.05, 0) is 17.7 Å². The van der Waals surface area contributed by atoms with Gasteiger partial charge in [0.05, 0.1) is 0 Å². The van der Waals surface area contributed by atoms with Crippen molar-refractivity contribution in [3.8, 4) is 5.75 Å². The summed E-state index contributed by atoms with van der Waals surface area (Å²) in [5.41, 5.74) is 2.03. The molecule has 5 nitrogen and oxygen atoms in total. The number of benzene rings is 2. The Bertz CT molecular complexity index is 1150. The second-order valence-corrected chi connectivity index (χ2v) is 7.53. The average molecular weight is 415 g/mol. The van der Waals surface area contributed by atoms with Crippen LogP contribution in [0.2, 0.25) is 0 Å². The molecule has 0 fully saturated rings. The zero-order chi connectivity index (χ0) is 20.6. The summed E-state index contributed by atoms with van der Waals surface area (Å²) in [5, 5.41) is 10.6. The number of allylic oxidation sites excluding steroid dienone is 1. The lowest BCUT2D eigenvalue weighted by atomic mass is 10.2. The van der Waals surface area contributed by atoms with Crippen molar-refractivity contribution in [2.45, 2.75) is 18.3 Å². The van der Waals surface area contributed by atoms with Crippen LogP contribution in [0.4, 0.5) is 0 Å². The first-order valence-corrected chi connectivity index (χ1v) is 10.7. The molecule has 0 aliphatic rings. The van der Waals surface area contributed by atoms with Gasteiger partial charge in [-0.15, -0.1) is 16.8 Å². The molecule has 6 heteroatoms. The molecule has 0 unspecified atom stereocenters. The predicted octanol–water partition coefficient (Wildman–Crippen LogP) is 5.40. The Morgan fingerprint density at radius 1 is 1.00 bits per heavy atom. The SMILES string of the molecule is C=CCn1c(COc2cccc3cccnc23)nnc1SC/C=C/c1ccccc1.